The quantitative estimate of drug-likeness (QED) is 0.365. The van der Waals surface area contributed by atoms with Crippen LogP contribution < -0.4 is 4.57 Å². The number of furan rings is 1. The van der Waals surface area contributed by atoms with Crippen LogP contribution in [0.2, 0.25) is 0 Å². The number of pyridine rings is 1. The smallest absolute Gasteiger partial charge is 0.257 e. The molecule has 0 radical (unpaired) electrons. The fourth-order valence-electron chi connectivity index (χ4n) is 3.69. The monoisotopic (exact) mass is 324 g/mol. The molecule has 0 unspecified atom stereocenters. The van der Waals surface area contributed by atoms with Crippen molar-refractivity contribution in [2.75, 3.05) is 0 Å². The molecule has 0 N–H and O–H groups in total. The number of fused-ring (bicyclic) bond motifs is 4. The van der Waals surface area contributed by atoms with Crippen molar-refractivity contribution in [2.45, 2.75) is 13.8 Å². The van der Waals surface area contributed by atoms with E-state index in [4.69, 9.17) is 4.42 Å². The van der Waals surface area contributed by atoms with Crippen molar-refractivity contribution >= 4 is 32.7 Å². The third-order valence-corrected chi connectivity index (χ3v) is 4.99. The average molecular weight is 324 g/mol. The average Bonchev–Trinajstić information content (AvgIpc) is 2.98. The van der Waals surface area contributed by atoms with E-state index in [0.29, 0.717) is 0 Å². The summed E-state index contributed by atoms with van der Waals surface area (Å²) < 4.78 is 8.57. The lowest BCUT2D eigenvalue weighted by Gasteiger charge is -2.03. The number of benzene rings is 3. The fraction of sp³-hybridized carbons (Fsp3) is 0.0870. The van der Waals surface area contributed by atoms with E-state index in [1.165, 1.54) is 27.4 Å². The van der Waals surface area contributed by atoms with E-state index >= 15 is 0 Å². The number of rotatable bonds is 1. The maximum atomic E-state index is 6.36. The summed E-state index contributed by atoms with van der Waals surface area (Å²) in [6.07, 6.45) is 2.10. The van der Waals surface area contributed by atoms with E-state index in [1.807, 2.05) is 0 Å². The van der Waals surface area contributed by atoms with Gasteiger partial charge < -0.3 is 4.42 Å². The van der Waals surface area contributed by atoms with Crippen LogP contribution in [0.25, 0.3) is 38.4 Å². The second kappa shape index (κ2) is 5.18. The molecule has 2 aromatic heterocycles. The molecule has 0 spiro atoms. The van der Waals surface area contributed by atoms with Crippen LogP contribution in [0.4, 0.5) is 0 Å². The molecule has 3 aromatic carbocycles. The van der Waals surface area contributed by atoms with Crippen molar-refractivity contribution in [3.05, 3.63) is 84.2 Å². The molecule has 2 heteroatoms. The van der Waals surface area contributed by atoms with E-state index in [-0.39, 0.29) is 0 Å². The molecule has 2 heterocycles. The normalized spacial score (nSPS) is 11.6. The predicted molar refractivity (Wildman–Crippen MR) is 102 cm³/mol. The maximum absolute atomic E-state index is 6.36. The topological polar surface area (TPSA) is 17.0 Å². The van der Waals surface area contributed by atoms with Crippen LogP contribution in [0.3, 0.4) is 0 Å². The zero-order valence-corrected chi connectivity index (χ0v) is 14.3. The van der Waals surface area contributed by atoms with Gasteiger partial charge in [0, 0.05) is 35.4 Å². The highest BCUT2D eigenvalue weighted by molar-refractivity contribution is 6.11. The van der Waals surface area contributed by atoms with Crippen LogP contribution in [0.15, 0.2) is 77.3 Å². The summed E-state index contributed by atoms with van der Waals surface area (Å²) in [6, 6.07) is 23.4. The predicted octanol–water partition coefficient (Wildman–Crippen LogP) is 5.63. The Morgan fingerprint density at radius 2 is 1.52 bits per heavy atom. The Balaban J connectivity index is 1.94. The van der Waals surface area contributed by atoms with Gasteiger partial charge in [-0.3, -0.25) is 0 Å². The highest BCUT2D eigenvalue weighted by Gasteiger charge is 2.21. The lowest BCUT2D eigenvalue weighted by atomic mass is 10.0. The molecule has 0 saturated carbocycles. The van der Waals surface area contributed by atoms with Gasteiger partial charge in [-0.1, -0.05) is 36.4 Å². The van der Waals surface area contributed by atoms with Gasteiger partial charge in [-0.15, -0.1) is 0 Å². The summed E-state index contributed by atoms with van der Waals surface area (Å²) in [4.78, 5) is 0. The van der Waals surface area contributed by atoms with E-state index in [2.05, 4.69) is 91.3 Å². The molecule has 0 fully saturated rings. The molecule has 2 nitrogen and oxygen atoms in total. The minimum absolute atomic E-state index is 0.940. The lowest BCUT2D eigenvalue weighted by Crippen LogP contribution is -2.34. The summed E-state index contributed by atoms with van der Waals surface area (Å²) in [5.74, 6) is 0. The highest BCUT2D eigenvalue weighted by Crippen LogP contribution is 2.35. The molecule has 120 valence electrons. The second-order valence-corrected chi connectivity index (χ2v) is 6.62. The van der Waals surface area contributed by atoms with E-state index in [0.717, 1.165) is 22.2 Å². The van der Waals surface area contributed by atoms with Crippen molar-refractivity contribution in [1.29, 1.82) is 0 Å². The van der Waals surface area contributed by atoms with E-state index in [9.17, 15) is 0 Å². The minimum Gasteiger partial charge on any atom is -0.449 e. The Labute approximate surface area is 145 Å². The number of nitrogens with zero attached hydrogens (tertiary/aromatic N) is 1. The van der Waals surface area contributed by atoms with Gasteiger partial charge in [0.05, 0.1) is 0 Å². The van der Waals surface area contributed by atoms with Crippen LogP contribution in [-0.4, -0.2) is 0 Å². The van der Waals surface area contributed by atoms with Gasteiger partial charge in [0.25, 0.3) is 5.69 Å². The number of hydrogen-bond donors (Lipinski definition) is 0. The van der Waals surface area contributed by atoms with Gasteiger partial charge in [-0.25, -0.2) is 0 Å². The minimum atomic E-state index is 0.940. The summed E-state index contributed by atoms with van der Waals surface area (Å²) >= 11 is 0. The molecular weight excluding hydrogens is 306 g/mol. The SMILES string of the molecule is Cc1ccc2c(oc3cc4ccccc4cc32)c1-[n+]1ccccc1C. The number of hydrogen-bond acceptors (Lipinski definition) is 1. The molecule has 25 heavy (non-hydrogen) atoms. The molecule has 0 saturated heterocycles. The molecular formula is C23H18NO+. The Hall–Kier alpha value is -3.13. The Kier molecular flexibility index (Phi) is 2.95. The van der Waals surface area contributed by atoms with E-state index < -0.39 is 0 Å². The zero-order chi connectivity index (χ0) is 17.0. The van der Waals surface area contributed by atoms with Gasteiger partial charge >= 0.3 is 0 Å². The van der Waals surface area contributed by atoms with Crippen molar-refractivity contribution in [2.24, 2.45) is 0 Å². The third kappa shape index (κ3) is 2.07. The summed E-state index contributed by atoms with van der Waals surface area (Å²) in [5.41, 5.74) is 5.40. The van der Waals surface area contributed by atoms with Crippen molar-refractivity contribution in [1.82, 2.24) is 0 Å². The van der Waals surface area contributed by atoms with Gasteiger partial charge in [-0.05, 0) is 35.9 Å². The fourth-order valence-corrected chi connectivity index (χ4v) is 3.69. The van der Waals surface area contributed by atoms with E-state index in [1.54, 1.807) is 0 Å². The zero-order valence-electron chi connectivity index (χ0n) is 14.3. The second-order valence-electron chi connectivity index (χ2n) is 6.62. The van der Waals surface area contributed by atoms with Crippen molar-refractivity contribution in [3.63, 3.8) is 0 Å². The standard InChI is InChI=1S/C23H18NO/c1-15-10-11-19-20-13-17-8-3-4-9-18(17)14-21(20)25-23(19)22(15)24-12-6-5-7-16(24)2/h3-14H,1-2H3/q+1. The molecule has 5 rings (SSSR count). The first-order valence-electron chi connectivity index (χ1n) is 8.55. The Morgan fingerprint density at radius 3 is 2.32 bits per heavy atom. The number of aromatic nitrogens is 1. The Bertz CT molecular complexity index is 1260. The van der Waals surface area contributed by atoms with Crippen molar-refractivity contribution in [3.8, 4) is 5.69 Å². The summed E-state index contributed by atoms with van der Waals surface area (Å²) in [6.45, 7) is 4.26. The van der Waals surface area contributed by atoms with Crippen LogP contribution in [0.1, 0.15) is 11.3 Å². The van der Waals surface area contributed by atoms with Crippen LogP contribution in [0, 0.1) is 13.8 Å². The molecule has 0 bridgehead atoms. The van der Waals surface area contributed by atoms with Gasteiger partial charge in [0.1, 0.15) is 5.58 Å². The van der Waals surface area contributed by atoms with Crippen molar-refractivity contribution < 1.29 is 8.98 Å². The number of aryl methyl sites for hydroxylation is 2. The summed E-state index contributed by atoms with van der Waals surface area (Å²) in [7, 11) is 0. The molecule has 0 amide bonds. The molecule has 5 aromatic rings. The highest BCUT2D eigenvalue weighted by atomic mass is 16.3. The van der Waals surface area contributed by atoms with Gasteiger partial charge in [0.2, 0.25) is 5.58 Å². The van der Waals surface area contributed by atoms with Crippen LogP contribution >= 0.6 is 0 Å². The molecule has 0 aliphatic heterocycles. The third-order valence-electron chi connectivity index (χ3n) is 4.99. The van der Waals surface area contributed by atoms with Gasteiger partial charge in [-0.2, -0.15) is 4.57 Å². The maximum Gasteiger partial charge on any atom is 0.257 e. The first kappa shape index (κ1) is 14.2. The summed E-state index contributed by atoms with van der Waals surface area (Å²) in [5, 5.41) is 4.78. The Morgan fingerprint density at radius 1 is 0.760 bits per heavy atom. The molecule has 0 atom stereocenters. The first-order valence-corrected chi connectivity index (χ1v) is 8.55. The van der Waals surface area contributed by atoms with Crippen LogP contribution in [0.5, 0.6) is 0 Å². The molecule has 0 aliphatic carbocycles. The lowest BCUT2D eigenvalue weighted by molar-refractivity contribution is -0.602. The van der Waals surface area contributed by atoms with Gasteiger partial charge in [0.15, 0.2) is 11.9 Å². The largest absolute Gasteiger partial charge is 0.449 e. The van der Waals surface area contributed by atoms with Crippen LogP contribution in [-0.2, 0) is 0 Å². The molecule has 0 aliphatic rings. The first-order chi connectivity index (χ1) is 12.2.